The van der Waals surface area contributed by atoms with Crippen LogP contribution in [0.15, 0.2) is 36.7 Å². The molecule has 0 aliphatic heterocycles. The van der Waals surface area contributed by atoms with Gasteiger partial charge >= 0.3 is 0 Å². The summed E-state index contributed by atoms with van der Waals surface area (Å²) in [5.74, 6) is -0.393. The third-order valence-electron chi connectivity index (χ3n) is 2.88. The van der Waals surface area contributed by atoms with Crippen molar-refractivity contribution in [3.8, 4) is 0 Å². The van der Waals surface area contributed by atoms with Crippen LogP contribution in [-0.4, -0.2) is 16.7 Å². The highest BCUT2D eigenvalue weighted by Gasteiger charge is 2.12. The number of hydrogen-bond acceptors (Lipinski definition) is 3. The first-order valence-corrected chi connectivity index (χ1v) is 6.52. The monoisotopic (exact) mass is 279 g/mol. The van der Waals surface area contributed by atoms with E-state index in [0.717, 1.165) is 24.1 Å². The van der Waals surface area contributed by atoms with Crippen molar-refractivity contribution in [2.75, 3.05) is 6.54 Å². The molecule has 0 saturated heterocycles. The van der Waals surface area contributed by atoms with Crippen LogP contribution in [0, 0.1) is 5.82 Å². The van der Waals surface area contributed by atoms with Gasteiger partial charge in [0, 0.05) is 12.2 Å². The van der Waals surface area contributed by atoms with Crippen LogP contribution in [0.5, 0.6) is 0 Å². The van der Waals surface area contributed by atoms with E-state index in [9.17, 15) is 4.39 Å². The lowest BCUT2D eigenvalue weighted by atomic mass is 10.0. The predicted octanol–water partition coefficient (Wildman–Crippen LogP) is 3.16. The zero-order valence-corrected chi connectivity index (χ0v) is 11.4. The fourth-order valence-electron chi connectivity index (χ4n) is 1.96. The fourth-order valence-corrected chi connectivity index (χ4v) is 2.17. The van der Waals surface area contributed by atoms with Gasteiger partial charge in [0.1, 0.15) is 5.82 Å². The Morgan fingerprint density at radius 2 is 2.16 bits per heavy atom. The number of aromatic nitrogens is 2. The van der Waals surface area contributed by atoms with Crippen molar-refractivity contribution in [2.45, 2.75) is 19.4 Å². The number of nitrogens with zero attached hydrogens (tertiary/aromatic N) is 2. The van der Waals surface area contributed by atoms with Crippen molar-refractivity contribution >= 4 is 11.6 Å². The molecule has 0 radical (unpaired) electrons. The second kappa shape index (κ2) is 6.59. The molecule has 1 N–H and O–H groups in total. The zero-order chi connectivity index (χ0) is 13.7. The van der Waals surface area contributed by atoms with Gasteiger partial charge in [-0.3, -0.25) is 0 Å². The van der Waals surface area contributed by atoms with E-state index in [4.69, 9.17) is 11.6 Å². The lowest BCUT2D eigenvalue weighted by molar-refractivity contribution is 0.545. The lowest BCUT2D eigenvalue weighted by Gasteiger charge is -2.18. The summed E-state index contributed by atoms with van der Waals surface area (Å²) in [5, 5.41) is 11.2. The number of rotatable bonds is 5. The molecule has 0 amide bonds. The van der Waals surface area contributed by atoms with E-state index in [-0.39, 0.29) is 11.1 Å². The van der Waals surface area contributed by atoms with Gasteiger partial charge < -0.3 is 5.32 Å². The van der Waals surface area contributed by atoms with Crippen LogP contribution in [0.3, 0.4) is 0 Å². The molecule has 19 heavy (non-hydrogen) atoms. The summed E-state index contributed by atoms with van der Waals surface area (Å²) in [6.45, 7) is 2.88. The Morgan fingerprint density at radius 1 is 1.32 bits per heavy atom. The summed E-state index contributed by atoms with van der Waals surface area (Å²) in [6, 6.07) is 6.84. The van der Waals surface area contributed by atoms with E-state index in [1.807, 2.05) is 13.0 Å². The molecule has 1 atom stereocenters. The summed E-state index contributed by atoms with van der Waals surface area (Å²) in [6.07, 6.45) is 4.12. The largest absolute Gasteiger partial charge is 0.310 e. The molecule has 5 heteroatoms. The van der Waals surface area contributed by atoms with Gasteiger partial charge in [-0.05, 0) is 42.3 Å². The summed E-state index contributed by atoms with van der Waals surface area (Å²) in [7, 11) is 0. The van der Waals surface area contributed by atoms with E-state index < -0.39 is 5.82 Å². The summed E-state index contributed by atoms with van der Waals surface area (Å²) in [5.41, 5.74) is 2.03. The average Bonchev–Trinajstić information content (AvgIpc) is 2.43. The normalized spacial score (nSPS) is 12.4. The molecule has 0 aliphatic carbocycles. The minimum absolute atomic E-state index is 0.113. The Labute approximate surface area is 116 Å². The Morgan fingerprint density at radius 3 is 2.79 bits per heavy atom. The van der Waals surface area contributed by atoms with Crippen LogP contribution < -0.4 is 5.32 Å². The molecule has 1 heterocycles. The summed E-state index contributed by atoms with van der Waals surface area (Å²) >= 11 is 5.80. The molecule has 1 unspecified atom stereocenters. The number of likely N-dealkylation sites (N-methyl/N-ethyl adjacent to an activating group) is 1. The van der Waals surface area contributed by atoms with E-state index in [1.54, 1.807) is 24.5 Å². The minimum atomic E-state index is -0.393. The van der Waals surface area contributed by atoms with E-state index >= 15 is 0 Å². The second-order valence-corrected chi connectivity index (χ2v) is 4.65. The van der Waals surface area contributed by atoms with Crippen molar-refractivity contribution in [3.05, 3.63) is 58.6 Å². The molecule has 100 valence electrons. The topological polar surface area (TPSA) is 37.8 Å². The summed E-state index contributed by atoms with van der Waals surface area (Å²) in [4.78, 5) is 0. The highest BCUT2D eigenvalue weighted by molar-refractivity contribution is 6.30. The smallest absolute Gasteiger partial charge is 0.141 e. The van der Waals surface area contributed by atoms with Crippen molar-refractivity contribution in [2.24, 2.45) is 0 Å². The molecule has 0 saturated carbocycles. The van der Waals surface area contributed by atoms with Crippen molar-refractivity contribution in [1.82, 2.24) is 15.5 Å². The molecule has 0 bridgehead atoms. The maximum Gasteiger partial charge on any atom is 0.141 e. The standard InChI is InChI=1S/C14H15ClFN3/c1-2-17-14(11-5-6-18-19-9-11)8-10-3-4-13(16)12(15)7-10/h3-7,9,14,17H,2,8H2,1H3. The first-order valence-electron chi connectivity index (χ1n) is 6.14. The molecule has 0 fully saturated rings. The highest BCUT2D eigenvalue weighted by Crippen LogP contribution is 2.21. The third kappa shape index (κ3) is 3.72. The Bertz CT molecular complexity index is 533. The predicted molar refractivity (Wildman–Crippen MR) is 73.6 cm³/mol. The van der Waals surface area contributed by atoms with Gasteiger partial charge in [-0.1, -0.05) is 24.6 Å². The Hall–Kier alpha value is -1.52. The molecule has 0 spiro atoms. The van der Waals surface area contributed by atoms with Crippen LogP contribution in [0.1, 0.15) is 24.1 Å². The van der Waals surface area contributed by atoms with Gasteiger partial charge in [-0.25, -0.2) is 4.39 Å². The second-order valence-electron chi connectivity index (χ2n) is 4.24. The van der Waals surface area contributed by atoms with Crippen LogP contribution in [0.4, 0.5) is 4.39 Å². The number of hydrogen-bond donors (Lipinski definition) is 1. The maximum atomic E-state index is 13.1. The van der Waals surface area contributed by atoms with E-state index in [1.165, 1.54) is 6.07 Å². The third-order valence-corrected chi connectivity index (χ3v) is 3.17. The van der Waals surface area contributed by atoms with E-state index in [0.29, 0.717) is 0 Å². The molecule has 1 aromatic carbocycles. The Balaban J connectivity index is 2.19. The Kier molecular flexibility index (Phi) is 4.82. The first-order chi connectivity index (χ1) is 9.20. The first kappa shape index (κ1) is 13.9. The van der Waals surface area contributed by atoms with Crippen molar-refractivity contribution in [3.63, 3.8) is 0 Å². The number of nitrogens with one attached hydrogen (secondary N) is 1. The maximum absolute atomic E-state index is 13.1. The molecular weight excluding hydrogens is 265 g/mol. The quantitative estimate of drug-likeness (QED) is 0.914. The molecule has 2 aromatic rings. The van der Waals surface area contributed by atoms with Crippen molar-refractivity contribution in [1.29, 1.82) is 0 Å². The molecule has 2 rings (SSSR count). The molecule has 0 aliphatic rings. The zero-order valence-electron chi connectivity index (χ0n) is 10.6. The van der Waals surface area contributed by atoms with E-state index in [2.05, 4.69) is 15.5 Å². The molecular formula is C14H15ClFN3. The number of benzene rings is 1. The van der Waals surface area contributed by atoms with Gasteiger partial charge in [-0.15, -0.1) is 0 Å². The van der Waals surface area contributed by atoms with Crippen LogP contribution in [0.2, 0.25) is 5.02 Å². The van der Waals surface area contributed by atoms with Crippen LogP contribution >= 0.6 is 11.6 Å². The molecule has 3 nitrogen and oxygen atoms in total. The number of halogens is 2. The lowest BCUT2D eigenvalue weighted by Crippen LogP contribution is -2.23. The average molecular weight is 280 g/mol. The minimum Gasteiger partial charge on any atom is -0.310 e. The van der Waals surface area contributed by atoms with Gasteiger partial charge in [0.05, 0.1) is 11.2 Å². The fraction of sp³-hybridized carbons (Fsp3) is 0.286. The highest BCUT2D eigenvalue weighted by atomic mass is 35.5. The SMILES string of the molecule is CCNC(Cc1ccc(F)c(Cl)c1)c1ccnnc1. The van der Waals surface area contributed by atoms with Gasteiger partial charge in [0.25, 0.3) is 0 Å². The molecule has 1 aromatic heterocycles. The van der Waals surface area contributed by atoms with Gasteiger partial charge in [0.2, 0.25) is 0 Å². The van der Waals surface area contributed by atoms with Crippen LogP contribution in [-0.2, 0) is 6.42 Å². The summed E-state index contributed by atoms with van der Waals surface area (Å²) < 4.78 is 13.1. The van der Waals surface area contributed by atoms with Crippen LogP contribution in [0.25, 0.3) is 0 Å². The van der Waals surface area contributed by atoms with Crippen molar-refractivity contribution < 1.29 is 4.39 Å². The van der Waals surface area contributed by atoms with Gasteiger partial charge in [0.15, 0.2) is 0 Å². The van der Waals surface area contributed by atoms with Gasteiger partial charge in [-0.2, -0.15) is 10.2 Å².